The fourth-order valence-electron chi connectivity index (χ4n) is 4.34. The molecule has 9 heteroatoms. The predicted molar refractivity (Wildman–Crippen MR) is 141 cm³/mol. The van der Waals surface area contributed by atoms with Crippen LogP contribution in [0.3, 0.4) is 0 Å². The summed E-state index contributed by atoms with van der Waals surface area (Å²) in [6, 6.07) is 11.8. The van der Waals surface area contributed by atoms with Gasteiger partial charge in [-0.1, -0.05) is 12.1 Å². The van der Waals surface area contributed by atoms with Gasteiger partial charge in [0.25, 0.3) is 0 Å². The normalized spacial score (nSPS) is 14.6. The first kappa shape index (κ1) is 25.8. The maximum absolute atomic E-state index is 12.9. The highest BCUT2D eigenvalue weighted by Crippen LogP contribution is 2.32. The van der Waals surface area contributed by atoms with Crippen LogP contribution in [0.2, 0.25) is 0 Å². The molecule has 0 saturated carbocycles. The molecule has 2 aromatic carbocycles. The molecular formula is C27H33N3O5S. The molecule has 0 unspecified atom stereocenters. The van der Waals surface area contributed by atoms with Crippen LogP contribution in [0, 0.1) is 20.8 Å². The molecule has 4 rings (SSSR count). The van der Waals surface area contributed by atoms with Crippen LogP contribution in [0.25, 0.3) is 11.5 Å². The molecule has 8 nitrogen and oxygen atoms in total. The highest BCUT2D eigenvalue weighted by atomic mass is 32.2. The van der Waals surface area contributed by atoms with Crippen LogP contribution in [0.15, 0.2) is 40.8 Å². The lowest BCUT2D eigenvalue weighted by Crippen LogP contribution is -2.50. The Bertz CT molecular complexity index is 1260. The Morgan fingerprint density at radius 3 is 2.42 bits per heavy atom. The lowest BCUT2D eigenvalue weighted by atomic mass is 10.1. The fourth-order valence-corrected chi connectivity index (χ4v) is 5.48. The summed E-state index contributed by atoms with van der Waals surface area (Å²) in [5.74, 6) is 2.23. The Labute approximate surface area is 214 Å². The van der Waals surface area contributed by atoms with Gasteiger partial charge in [0.05, 0.1) is 25.7 Å². The summed E-state index contributed by atoms with van der Waals surface area (Å²) in [5, 5.41) is 0. The Morgan fingerprint density at radius 1 is 1.00 bits per heavy atom. The van der Waals surface area contributed by atoms with Crippen LogP contribution < -0.4 is 14.4 Å². The third kappa shape index (κ3) is 5.73. The molecule has 1 atom stereocenters. The average Bonchev–Trinajstić information content (AvgIpc) is 3.24. The van der Waals surface area contributed by atoms with Gasteiger partial charge in [-0.15, -0.1) is 0 Å². The molecule has 1 saturated heterocycles. The van der Waals surface area contributed by atoms with Crippen molar-refractivity contribution in [2.75, 3.05) is 51.1 Å². The zero-order valence-electron chi connectivity index (χ0n) is 21.5. The Balaban J connectivity index is 1.34. The number of hydrogen-bond donors (Lipinski definition) is 0. The molecule has 36 heavy (non-hydrogen) atoms. The van der Waals surface area contributed by atoms with E-state index in [1.807, 2.05) is 11.0 Å². The maximum Gasteiger partial charge on any atom is 0.235 e. The molecule has 192 valence electrons. The van der Waals surface area contributed by atoms with Crippen molar-refractivity contribution in [3.8, 4) is 23.0 Å². The molecule has 0 radical (unpaired) electrons. The summed E-state index contributed by atoms with van der Waals surface area (Å²) >= 11 is 0. The van der Waals surface area contributed by atoms with Crippen molar-refractivity contribution >= 4 is 22.4 Å². The van der Waals surface area contributed by atoms with Gasteiger partial charge in [0.15, 0.2) is 11.5 Å². The van der Waals surface area contributed by atoms with Crippen molar-refractivity contribution in [3.05, 3.63) is 59.0 Å². The second kappa shape index (κ2) is 11.2. The first-order valence-electron chi connectivity index (χ1n) is 11.9. The summed E-state index contributed by atoms with van der Waals surface area (Å²) in [6.45, 7) is 8.76. The van der Waals surface area contributed by atoms with Crippen molar-refractivity contribution < 1.29 is 22.9 Å². The van der Waals surface area contributed by atoms with Crippen LogP contribution >= 0.6 is 0 Å². The van der Waals surface area contributed by atoms with Crippen molar-refractivity contribution in [1.82, 2.24) is 9.88 Å². The molecule has 1 fully saturated rings. The second-order valence-corrected chi connectivity index (χ2v) is 10.4. The van der Waals surface area contributed by atoms with E-state index >= 15 is 0 Å². The molecule has 1 aliphatic rings. The smallest absolute Gasteiger partial charge is 0.235 e. The first-order valence-corrected chi connectivity index (χ1v) is 13.4. The Hall–Kier alpha value is -3.33. The number of aryl methyl sites for hydroxylation is 3. The second-order valence-electron chi connectivity index (χ2n) is 8.98. The number of amides is 1. The minimum atomic E-state index is -1.39. The highest BCUT2D eigenvalue weighted by Gasteiger charge is 2.24. The van der Waals surface area contributed by atoms with Gasteiger partial charge in [-0.05, 0) is 56.2 Å². The zero-order chi connectivity index (χ0) is 25.8. The summed E-state index contributed by atoms with van der Waals surface area (Å²) < 4.78 is 29.3. The van der Waals surface area contributed by atoms with E-state index in [2.05, 4.69) is 41.9 Å². The molecular weight excluding hydrogens is 478 g/mol. The summed E-state index contributed by atoms with van der Waals surface area (Å²) in [6.07, 6.45) is 0. The van der Waals surface area contributed by atoms with E-state index < -0.39 is 10.8 Å². The number of anilines is 1. The number of carbonyl (C=O) groups is 1. The number of oxazole rings is 1. The predicted octanol–water partition coefficient (Wildman–Crippen LogP) is 3.88. The number of carbonyl (C=O) groups excluding carboxylic acids is 1. The lowest BCUT2D eigenvalue weighted by Gasteiger charge is -2.37. The Kier molecular flexibility index (Phi) is 7.98. The number of hydrogen-bond acceptors (Lipinski definition) is 7. The fraction of sp³-hybridized carbons (Fsp3) is 0.407. The van der Waals surface area contributed by atoms with Gasteiger partial charge < -0.3 is 23.7 Å². The topological polar surface area (TPSA) is 85.1 Å². The van der Waals surface area contributed by atoms with Gasteiger partial charge in [0.2, 0.25) is 11.8 Å². The van der Waals surface area contributed by atoms with Crippen molar-refractivity contribution in [2.45, 2.75) is 26.5 Å². The number of piperazine rings is 1. The summed E-state index contributed by atoms with van der Waals surface area (Å²) in [4.78, 5) is 21.5. The van der Waals surface area contributed by atoms with Gasteiger partial charge in [-0.25, -0.2) is 4.98 Å². The molecule has 0 N–H and O–H groups in total. The minimum Gasteiger partial charge on any atom is -0.493 e. The van der Waals surface area contributed by atoms with E-state index in [0.29, 0.717) is 41.9 Å². The SMILES string of the molecule is COc1ccc(-c2nc(C[S@@](=O)CC(=O)N3CCN(c4cc(C)ccc4C)CC3)c(C)o2)cc1OC. The number of aromatic nitrogens is 1. The summed E-state index contributed by atoms with van der Waals surface area (Å²) in [7, 11) is 1.75. The monoisotopic (exact) mass is 511 g/mol. The van der Waals surface area contributed by atoms with Crippen LogP contribution in [0.4, 0.5) is 5.69 Å². The number of nitrogens with zero attached hydrogens (tertiary/aromatic N) is 3. The molecule has 0 spiro atoms. The highest BCUT2D eigenvalue weighted by molar-refractivity contribution is 7.84. The zero-order valence-corrected chi connectivity index (χ0v) is 22.3. The van der Waals surface area contributed by atoms with Gasteiger partial charge >= 0.3 is 0 Å². The average molecular weight is 512 g/mol. The standard InChI is InChI=1S/C27H33N3O5S/c1-18-6-7-19(2)23(14-18)29-10-12-30(13-11-29)26(31)17-36(32)16-22-20(3)35-27(28-22)21-8-9-24(33-4)25(15-21)34-5/h6-9,14-15H,10-13,16-17H2,1-5H3/t36-/m1/s1. The number of rotatable bonds is 8. The third-order valence-electron chi connectivity index (χ3n) is 6.44. The van der Waals surface area contributed by atoms with Gasteiger partial charge in [-0.3, -0.25) is 9.00 Å². The van der Waals surface area contributed by atoms with E-state index in [0.717, 1.165) is 18.7 Å². The van der Waals surface area contributed by atoms with E-state index in [9.17, 15) is 9.00 Å². The quantitative estimate of drug-likeness (QED) is 0.454. The van der Waals surface area contributed by atoms with Crippen LogP contribution in [-0.2, 0) is 21.3 Å². The molecule has 2 heterocycles. The Morgan fingerprint density at radius 2 is 1.72 bits per heavy atom. The van der Waals surface area contributed by atoms with Crippen molar-refractivity contribution in [3.63, 3.8) is 0 Å². The van der Waals surface area contributed by atoms with E-state index in [-0.39, 0.29) is 17.4 Å². The largest absolute Gasteiger partial charge is 0.493 e. The molecule has 1 aliphatic heterocycles. The van der Waals surface area contributed by atoms with E-state index in [1.54, 1.807) is 33.3 Å². The summed E-state index contributed by atoms with van der Waals surface area (Å²) in [5.41, 5.74) is 4.99. The van der Waals surface area contributed by atoms with Gasteiger partial charge in [0.1, 0.15) is 11.5 Å². The maximum atomic E-state index is 12.9. The first-order chi connectivity index (χ1) is 17.3. The molecule has 3 aromatic rings. The molecule has 0 bridgehead atoms. The lowest BCUT2D eigenvalue weighted by molar-refractivity contribution is -0.128. The molecule has 1 aromatic heterocycles. The third-order valence-corrected chi connectivity index (χ3v) is 7.61. The van der Waals surface area contributed by atoms with Gasteiger partial charge in [0, 0.05) is 48.2 Å². The van der Waals surface area contributed by atoms with E-state index in [4.69, 9.17) is 13.9 Å². The number of methoxy groups -OCH3 is 2. The van der Waals surface area contributed by atoms with E-state index in [1.165, 1.54) is 16.8 Å². The molecule has 0 aliphatic carbocycles. The number of benzene rings is 2. The van der Waals surface area contributed by atoms with Crippen LogP contribution in [0.1, 0.15) is 22.6 Å². The van der Waals surface area contributed by atoms with Crippen LogP contribution in [0.5, 0.6) is 11.5 Å². The van der Waals surface area contributed by atoms with Gasteiger partial charge in [-0.2, -0.15) is 0 Å². The van der Waals surface area contributed by atoms with Crippen LogP contribution in [-0.4, -0.2) is 66.2 Å². The van der Waals surface area contributed by atoms with Crippen molar-refractivity contribution in [2.24, 2.45) is 0 Å². The van der Waals surface area contributed by atoms with Crippen molar-refractivity contribution in [1.29, 1.82) is 0 Å². The molecule has 1 amide bonds. The minimum absolute atomic E-state index is 0.0263. The number of ether oxygens (including phenoxy) is 2.